The van der Waals surface area contributed by atoms with Gasteiger partial charge >= 0.3 is 0 Å². The third-order valence-electron chi connectivity index (χ3n) is 3.17. The Bertz CT molecular complexity index is 795. The van der Waals surface area contributed by atoms with Crippen LogP contribution in [0.4, 0.5) is 8.78 Å². The van der Waals surface area contributed by atoms with E-state index in [9.17, 15) is 8.78 Å². The van der Waals surface area contributed by atoms with Crippen molar-refractivity contribution in [3.05, 3.63) is 53.1 Å². The van der Waals surface area contributed by atoms with E-state index in [2.05, 4.69) is 15.1 Å². The standard InChI is InChI=1S/C14H12F2N4/c1-8-10-6-12(16)9(2)18-14(10)20(19-8)7-13-11(15)4-3-5-17-13/h3-6H,7H2,1-2H3. The molecule has 0 fully saturated rings. The molecule has 3 aromatic rings. The molecule has 20 heavy (non-hydrogen) atoms. The first kappa shape index (κ1) is 12.7. The minimum absolute atomic E-state index is 0.162. The van der Waals surface area contributed by atoms with Crippen molar-refractivity contribution in [3.8, 4) is 0 Å². The Morgan fingerprint density at radius 3 is 2.70 bits per heavy atom. The van der Waals surface area contributed by atoms with Gasteiger partial charge in [-0.15, -0.1) is 0 Å². The number of aromatic nitrogens is 4. The van der Waals surface area contributed by atoms with Crippen LogP contribution in [0.1, 0.15) is 17.1 Å². The van der Waals surface area contributed by atoms with Gasteiger partial charge in [-0.2, -0.15) is 5.10 Å². The molecule has 4 nitrogen and oxygen atoms in total. The van der Waals surface area contributed by atoms with Crippen molar-refractivity contribution in [3.63, 3.8) is 0 Å². The highest BCUT2D eigenvalue weighted by Crippen LogP contribution is 2.20. The van der Waals surface area contributed by atoms with Crippen LogP contribution in [0.2, 0.25) is 0 Å². The zero-order valence-corrected chi connectivity index (χ0v) is 11.1. The lowest BCUT2D eigenvalue weighted by atomic mass is 10.2. The summed E-state index contributed by atoms with van der Waals surface area (Å²) in [5.74, 6) is -0.767. The highest BCUT2D eigenvalue weighted by Gasteiger charge is 2.14. The van der Waals surface area contributed by atoms with Crippen LogP contribution in [-0.2, 0) is 6.54 Å². The number of nitrogens with zero attached hydrogens (tertiary/aromatic N) is 4. The first-order valence-corrected chi connectivity index (χ1v) is 6.16. The second-order valence-corrected chi connectivity index (χ2v) is 4.60. The molecule has 0 radical (unpaired) electrons. The molecular formula is C14H12F2N4. The summed E-state index contributed by atoms with van der Waals surface area (Å²) in [7, 11) is 0. The van der Waals surface area contributed by atoms with E-state index in [1.807, 2.05) is 0 Å². The first-order valence-electron chi connectivity index (χ1n) is 6.16. The second-order valence-electron chi connectivity index (χ2n) is 4.60. The SMILES string of the molecule is Cc1nc2c(cc1F)c(C)nn2Cc1ncccc1F. The lowest BCUT2D eigenvalue weighted by molar-refractivity contribution is 0.573. The van der Waals surface area contributed by atoms with E-state index in [0.29, 0.717) is 22.4 Å². The maximum absolute atomic E-state index is 13.6. The molecule has 3 rings (SSSR count). The molecule has 3 heterocycles. The number of pyridine rings is 2. The van der Waals surface area contributed by atoms with Gasteiger partial charge < -0.3 is 0 Å². The van der Waals surface area contributed by atoms with E-state index >= 15 is 0 Å². The molecule has 0 saturated heterocycles. The average molecular weight is 274 g/mol. The molecule has 0 aliphatic carbocycles. The minimum Gasteiger partial charge on any atom is -0.256 e. The van der Waals surface area contributed by atoms with E-state index in [0.717, 1.165) is 0 Å². The molecule has 0 bridgehead atoms. The van der Waals surface area contributed by atoms with Crippen LogP contribution in [-0.4, -0.2) is 19.7 Å². The fourth-order valence-corrected chi connectivity index (χ4v) is 2.10. The normalized spacial score (nSPS) is 11.2. The van der Waals surface area contributed by atoms with E-state index < -0.39 is 5.82 Å². The lowest BCUT2D eigenvalue weighted by Gasteiger charge is -2.04. The van der Waals surface area contributed by atoms with Crippen LogP contribution in [0, 0.1) is 25.5 Å². The summed E-state index contributed by atoms with van der Waals surface area (Å²) in [6.45, 7) is 3.52. The molecule has 0 spiro atoms. The predicted octanol–water partition coefficient (Wildman–Crippen LogP) is 2.77. The number of rotatable bonds is 2. The van der Waals surface area contributed by atoms with Gasteiger partial charge in [-0.25, -0.2) is 18.4 Å². The van der Waals surface area contributed by atoms with Gasteiger partial charge in [0, 0.05) is 11.6 Å². The fraction of sp³-hybridized carbons (Fsp3) is 0.214. The Balaban J connectivity index is 2.13. The van der Waals surface area contributed by atoms with E-state index in [4.69, 9.17) is 0 Å². The van der Waals surface area contributed by atoms with Crippen molar-refractivity contribution in [2.24, 2.45) is 0 Å². The summed E-state index contributed by atoms with van der Waals surface area (Å²) in [5, 5.41) is 4.92. The van der Waals surface area contributed by atoms with Gasteiger partial charge in [-0.1, -0.05) is 0 Å². The van der Waals surface area contributed by atoms with Crippen molar-refractivity contribution in [1.82, 2.24) is 19.7 Å². The molecule has 102 valence electrons. The maximum Gasteiger partial charge on any atom is 0.158 e. The highest BCUT2D eigenvalue weighted by molar-refractivity contribution is 5.78. The Hall–Kier alpha value is -2.37. The van der Waals surface area contributed by atoms with Crippen LogP contribution in [0.5, 0.6) is 0 Å². The van der Waals surface area contributed by atoms with Crippen molar-refractivity contribution in [1.29, 1.82) is 0 Å². The molecule has 0 aromatic carbocycles. The third kappa shape index (κ3) is 2.03. The van der Waals surface area contributed by atoms with Crippen molar-refractivity contribution in [2.45, 2.75) is 20.4 Å². The topological polar surface area (TPSA) is 43.6 Å². The van der Waals surface area contributed by atoms with Crippen molar-refractivity contribution >= 4 is 11.0 Å². The van der Waals surface area contributed by atoms with Gasteiger partial charge in [0.15, 0.2) is 5.65 Å². The Morgan fingerprint density at radius 2 is 1.95 bits per heavy atom. The Labute approximate surface area is 114 Å². The van der Waals surface area contributed by atoms with Gasteiger partial charge in [0.25, 0.3) is 0 Å². The molecule has 0 saturated carbocycles. The largest absolute Gasteiger partial charge is 0.256 e. The minimum atomic E-state index is -0.396. The number of hydrogen-bond acceptors (Lipinski definition) is 3. The average Bonchev–Trinajstić information content (AvgIpc) is 2.70. The smallest absolute Gasteiger partial charge is 0.158 e. The molecule has 0 N–H and O–H groups in total. The van der Waals surface area contributed by atoms with Crippen molar-refractivity contribution in [2.75, 3.05) is 0 Å². The van der Waals surface area contributed by atoms with Crippen LogP contribution in [0.15, 0.2) is 24.4 Å². The molecular weight excluding hydrogens is 262 g/mol. The van der Waals surface area contributed by atoms with Crippen LogP contribution in [0.25, 0.3) is 11.0 Å². The molecule has 6 heteroatoms. The predicted molar refractivity (Wildman–Crippen MR) is 70.3 cm³/mol. The molecule has 0 aliphatic heterocycles. The molecule has 0 amide bonds. The number of fused-ring (bicyclic) bond motifs is 1. The first-order chi connectivity index (χ1) is 9.56. The van der Waals surface area contributed by atoms with E-state index in [-0.39, 0.29) is 18.1 Å². The van der Waals surface area contributed by atoms with Gasteiger partial charge in [-0.3, -0.25) is 4.98 Å². The van der Waals surface area contributed by atoms with Crippen LogP contribution >= 0.6 is 0 Å². The third-order valence-corrected chi connectivity index (χ3v) is 3.17. The lowest BCUT2D eigenvalue weighted by Crippen LogP contribution is -2.07. The zero-order chi connectivity index (χ0) is 14.3. The summed E-state index contributed by atoms with van der Waals surface area (Å²) in [6, 6.07) is 4.29. The number of aryl methyl sites for hydroxylation is 2. The fourth-order valence-electron chi connectivity index (χ4n) is 2.10. The summed E-state index contributed by atoms with van der Waals surface area (Å²) >= 11 is 0. The van der Waals surface area contributed by atoms with E-state index in [1.54, 1.807) is 18.5 Å². The Morgan fingerprint density at radius 1 is 1.15 bits per heavy atom. The Kier molecular flexibility index (Phi) is 2.93. The highest BCUT2D eigenvalue weighted by atomic mass is 19.1. The number of halogens is 2. The van der Waals surface area contributed by atoms with E-state index in [1.165, 1.54) is 24.4 Å². The summed E-state index contributed by atoms with van der Waals surface area (Å²) in [6.07, 6.45) is 1.52. The van der Waals surface area contributed by atoms with Gasteiger partial charge in [0.1, 0.15) is 11.6 Å². The summed E-state index contributed by atoms with van der Waals surface area (Å²) < 4.78 is 28.7. The van der Waals surface area contributed by atoms with Crippen molar-refractivity contribution < 1.29 is 8.78 Å². The molecule has 3 aromatic heterocycles. The van der Waals surface area contributed by atoms with Gasteiger partial charge in [0.05, 0.1) is 23.6 Å². The summed E-state index contributed by atoms with van der Waals surface area (Å²) in [5.41, 5.74) is 1.76. The van der Waals surface area contributed by atoms with Crippen LogP contribution in [0.3, 0.4) is 0 Å². The molecule has 0 atom stereocenters. The van der Waals surface area contributed by atoms with Crippen LogP contribution < -0.4 is 0 Å². The van der Waals surface area contributed by atoms with Gasteiger partial charge in [0.2, 0.25) is 0 Å². The second kappa shape index (κ2) is 4.63. The molecule has 0 aliphatic rings. The monoisotopic (exact) mass is 274 g/mol. The van der Waals surface area contributed by atoms with Gasteiger partial charge in [-0.05, 0) is 32.0 Å². The zero-order valence-electron chi connectivity index (χ0n) is 11.1. The molecule has 0 unspecified atom stereocenters. The number of hydrogen-bond donors (Lipinski definition) is 0. The maximum atomic E-state index is 13.6. The summed E-state index contributed by atoms with van der Waals surface area (Å²) in [4.78, 5) is 8.19. The quantitative estimate of drug-likeness (QED) is 0.721.